The van der Waals surface area contributed by atoms with Crippen LogP contribution in [0.4, 0.5) is 5.82 Å². The van der Waals surface area contributed by atoms with Crippen molar-refractivity contribution in [2.24, 2.45) is 18.5 Å². The molecule has 23 heavy (non-hydrogen) atoms. The molecule has 0 aromatic carbocycles. The number of carbonyl (C=O) groups excluding carboxylic acids is 1. The Morgan fingerprint density at radius 2 is 2.26 bits per heavy atom. The Hall–Kier alpha value is -2.48. The highest BCUT2D eigenvalue weighted by Crippen LogP contribution is 2.19. The summed E-state index contributed by atoms with van der Waals surface area (Å²) in [6, 6.07) is 0.142. The van der Waals surface area contributed by atoms with Gasteiger partial charge >= 0.3 is 0 Å². The normalized spacial score (nSPS) is 18.2. The van der Waals surface area contributed by atoms with Crippen molar-refractivity contribution >= 4 is 11.7 Å². The van der Waals surface area contributed by atoms with Crippen LogP contribution in [0, 0.1) is 0 Å². The molecule has 8 nitrogen and oxygen atoms in total. The Morgan fingerprint density at radius 1 is 1.43 bits per heavy atom. The molecule has 8 heteroatoms. The van der Waals surface area contributed by atoms with E-state index in [2.05, 4.69) is 20.0 Å². The lowest BCUT2D eigenvalue weighted by atomic mass is 10.1. The van der Waals surface area contributed by atoms with E-state index in [0.29, 0.717) is 12.1 Å². The monoisotopic (exact) mass is 315 g/mol. The van der Waals surface area contributed by atoms with Crippen molar-refractivity contribution < 1.29 is 4.79 Å². The van der Waals surface area contributed by atoms with E-state index in [-0.39, 0.29) is 11.7 Å². The first-order valence-corrected chi connectivity index (χ1v) is 7.66. The molecule has 1 aliphatic heterocycles. The summed E-state index contributed by atoms with van der Waals surface area (Å²) in [5, 5.41) is 4.13. The van der Waals surface area contributed by atoms with Crippen LogP contribution in [-0.4, -0.2) is 44.8 Å². The lowest BCUT2D eigenvalue weighted by Gasteiger charge is -2.31. The van der Waals surface area contributed by atoms with Crippen molar-refractivity contribution in [2.75, 3.05) is 18.0 Å². The quantitative estimate of drug-likeness (QED) is 0.809. The van der Waals surface area contributed by atoms with Crippen molar-refractivity contribution in [3.05, 3.63) is 35.5 Å². The van der Waals surface area contributed by atoms with E-state index in [1.54, 1.807) is 17.1 Å². The summed E-state index contributed by atoms with van der Waals surface area (Å²) in [6.45, 7) is 1.64. The second-order valence-electron chi connectivity index (χ2n) is 5.94. The van der Waals surface area contributed by atoms with Gasteiger partial charge in [0, 0.05) is 38.8 Å². The third-order valence-corrected chi connectivity index (χ3v) is 3.98. The molecule has 1 aliphatic rings. The molecular formula is C15H21N7O. The molecule has 1 amide bonds. The average Bonchev–Trinajstić information content (AvgIpc) is 2.92. The molecule has 3 rings (SSSR count). The standard InChI is InChI=1S/C15H21N7O/c1-21-8-10(6-19-21)5-12-14(15(17)23)18-7-13(20-12)22-4-2-3-11(16)9-22/h6-8,11H,2-5,9,16H2,1H3,(H2,17,23). The minimum Gasteiger partial charge on any atom is -0.364 e. The van der Waals surface area contributed by atoms with Gasteiger partial charge in [0.25, 0.3) is 5.91 Å². The Kier molecular flexibility index (Phi) is 4.24. The van der Waals surface area contributed by atoms with Crippen LogP contribution in [0.3, 0.4) is 0 Å². The summed E-state index contributed by atoms with van der Waals surface area (Å²) < 4.78 is 1.71. The number of aromatic nitrogens is 4. The van der Waals surface area contributed by atoms with Crippen LogP contribution in [0.1, 0.15) is 34.6 Å². The lowest BCUT2D eigenvalue weighted by Crippen LogP contribution is -2.43. The number of piperidine rings is 1. The first-order chi connectivity index (χ1) is 11.0. The molecule has 2 aromatic rings. The molecule has 1 saturated heterocycles. The topological polar surface area (TPSA) is 116 Å². The SMILES string of the molecule is Cn1cc(Cc2nc(N3CCCC(N)C3)cnc2C(N)=O)cn1. The maximum Gasteiger partial charge on any atom is 0.269 e. The van der Waals surface area contributed by atoms with E-state index >= 15 is 0 Å². The van der Waals surface area contributed by atoms with Gasteiger partial charge in [0.05, 0.1) is 18.1 Å². The van der Waals surface area contributed by atoms with E-state index < -0.39 is 5.91 Å². The first kappa shape index (κ1) is 15.4. The molecule has 3 heterocycles. The molecule has 1 unspecified atom stereocenters. The second kappa shape index (κ2) is 6.33. The number of amides is 1. The maximum atomic E-state index is 11.6. The van der Waals surface area contributed by atoms with Crippen molar-refractivity contribution in [3.8, 4) is 0 Å². The minimum absolute atomic E-state index is 0.142. The van der Waals surface area contributed by atoms with Crippen molar-refractivity contribution in [2.45, 2.75) is 25.3 Å². The second-order valence-corrected chi connectivity index (χ2v) is 5.94. The molecule has 4 N–H and O–H groups in total. The summed E-state index contributed by atoms with van der Waals surface area (Å²) in [7, 11) is 1.84. The molecule has 0 bridgehead atoms. The molecule has 1 fully saturated rings. The summed E-state index contributed by atoms with van der Waals surface area (Å²) >= 11 is 0. The van der Waals surface area contributed by atoms with Crippen LogP contribution < -0.4 is 16.4 Å². The predicted octanol–water partition coefficient (Wildman–Crippen LogP) is -0.173. The molecule has 0 spiro atoms. The number of hydrogen-bond donors (Lipinski definition) is 2. The van der Waals surface area contributed by atoms with Crippen LogP contribution in [0.25, 0.3) is 0 Å². The number of aryl methyl sites for hydroxylation is 1. The summed E-state index contributed by atoms with van der Waals surface area (Å²) in [4.78, 5) is 22.6. The third-order valence-electron chi connectivity index (χ3n) is 3.98. The maximum absolute atomic E-state index is 11.6. The number of nitrogens with zero attached hydrogens (tertiary/aromatic N) is 5. The van der Waals surface area contributed by atoms with Crippen LogP contribution >= 0.6 is 0 Å². The highest BCUT2D eigenvalue weighted by Gasteiger charge is 2.21. The fourth-order valence-electron chi connectivity index (χ4n) is 2.87. The summed E-state index contributed by atoms with van der Waals surface area (Å²) in [5.74, 6) is 0.169. The number of nitrogens with two attached hydrogens (primary N) is 2. The van der Waals surface area contributed by atoms with E-state index in [1.165, 1.54) is 0 Å². The molecule has 0 aliphatic carbocycles. The van der Waals surface area contributed by atoms with Gasteiger partial charge in [0.2, 0.25) is 0 Å². The van der Waals surface area contributed by atoms with Crippen molar-refractivity contribution in [1.29, 1.82) is 0 Å². The Morgan fingerprint density at radius 3 is 2.91 bits per heavy atom. The van der Waals surface area contributed by atoms with Gasteiger partial charge in [-0.1, -0.05) is 0 Å². The molecule has 0 radical (unpaired) electrons. The lowest BCUT2D eigenvalue weighted by molar-refractivity contribution is 0.0994. The van der Waals surface area contributed by atoms with Gasteiger partial charge in [-0.05, 0) is 18.4 Å². The highest BCUT2D eigenvalue weighted by atomic mass is 16.1. The fourth-order valence-corrected chi connectivity index (χ4v) is 2.87. The highest BCUT2D eigenvalue weighted by molar-refractivity contribution is 5.92. The summed E-state index contributed by atoms with van der Waals surface area (Å²) in [5.41, 5.74) is 13.2. The van der Waals surface area contributed by atoms with Crippen LogP contribution in [0.5, 0.6) is 0 Å². The Balaban J connectivity index is 1.91. The first-order valence-electron chi connectivity index (χ1n) is 7.66. The van der Waals surface area contributed by atoms with Gasteiger partial charge in [-0.2, -0.15) is 5.10 Å². The smallest absolute Gasteiger partial charge is 0.269 e. The number of anilines is 1. The van der Waals surface area contributed by atoms with Crippen molar-refractivity contribution in [3.63, 3.8) is 0 Å². The van der Waals surface area contributed by atoms with E-state index in [4.69, 9.17) is 11.5 Å². The number of primary amides is 1. The fraction of sp³-hybridized carbons (Fsp3) is 0.467. The van der Waals surface area contributed by atoms with Gasteiger partial charge < -0.3 is 16.4 Å². The van der Waals surface area contributed by atoms with E-state index in [0.717, 1.165) is 37.3 Å². The average molecular weight is 315 g/mol. The predicted molar refractivity (Wildman–Crippen MR) is 86.0 cm³/mol. The van der Waals surface area contributed by atoms with Crippen LogP contribution in [0.2, 0.25) is 0 Å². The molecule has 2 aromatic heterocycles. The zero-order valence-corrected chi connectivity index (χ0v) is 13.1. The number of rotatable bonds is 4. The number of carbonyl (C=O) groups is 1. The number of hydrogen-bond acceptors (Lipinski definition) is 6. The zero-order valence-electron chi connectivity index (χ0n) is 13.1. The van der Waals surface area contributed by atoms with E-state index in [9.17, 15) is 4.79 Å². The molecular weight excluding hydrogens is 294 g/mol. The minimum atomic E-state index is -0.571. The Labute approximate surface area is 134 Å². The summed E-state index contributed by atoms with van der Waals surface area (Å²) in [6.07, 6.45) is 7.74. The van der Waals surface area contributed by atoms with Crippen molar-refractivity contribution in [1.82, 2.24) is 19.7 Å². The molecule has 1 atom stereocenters. The Bertz CT molecular complexity index is 712. The zero-order chi connectivity index (χ0) is 16.4. The van der Waals surface area contributed by atoms with Crippen LogP contribution in [0.15, 0.2) is 18.6 Å². The van der Waals surface area contributed by atoms with Gasteiger partial charge in [0.1, 0.15) is 11.5 Å². The largest absolute Gasteiger partial charge is 0.364 e. The van der Waals surface area contributed by atoms with Gasteiger partial charge in [0.15, 0.2) is 0 Å². The van der Waals surface area contributed by atoms with Crippen LogP contribution in [-0.2, 0) is 13.5 Å². The van der Waals surface area contributed by atoms with Gasteiger partial charge in [-0.15, -0.1) is 0 Å². The molecule has 0 saturated carbocycles. The van der Waals surface area contributed by atoms with Gasteiger partial charge in [-0.3, -0.25) is 9.48 Å². The third kappa shape index (κ3) is 3.48. The van der Waals surface area contributed by atoms with E-state index in [1.807, 2.05) is 13.2 Å². The molecule has 122 valence electrons. The van der Waals surface area contributed by atoms with Gasteiger partial charge in [-0.25, -0.2) is 9.97 Å².